The second-order valence-corrected chi connectivity index (χ2v) is 3.54. The molecule has 0 bridgehead atoms. The van der Waals surface area contributed by atoms with Crippen LogP contribution in [-0.4, -0.2) is 24.0 Å². The normalized spacial score (nSPS) is 14.2. The first-order chi connectivity index (χ1) is 5.89. The number of nitrogens with two attached hydrogens (primary N) is 4. The van der Waals surface area contributed by atoms with Crippen molar-refractivity contribution in [3.63, 3.8) is 0 Å². The maximum absolute atomic E-state index is 11.4. The Balaban J connectivity index is 3.84. The van der Waals surface area contributed by atoms with Crippen LogP contribution in [0.25, 0.3) is 0 Å². The van der Waals surface area contributed by atoms with Crippen LogP contribution in [0.2, 0.25) is 0 Å². The molecule has 0 radical (unpaired) electrons. The van der Waals surface area contributed by atoms with E-state index < -0.39 is 11.7 Å². The topological polar surface area (TPSA) is 121 Å². The maximum Gasteiger partial charge on any atom is 0.183 e. The van der Waals surface area contributed by atoms with E-state index in [4.69, 9.17) is 22.9 Å². The van der Waals surface area contributed by atoms with Crippen LogP contribution in [-0.2, 0) is 4.79 Å². The molecule has 0 aliphatic rings. The number of carbonyl (C=O) groups excluding carboxylic acids is 1. The van der Waals surface area contributed by atoms with Gasteiger partial charge in [-0.2, -0.15) is 0 Å². The molecule has 0 aromatic heterocycles. The van der Waals surface area contributed by atoms with Gasteiger partial charge < -0.3 is 22.9 Å². The predicted octanol–water partition coefficient (Wildman–Crippen LogP) is -1.35. The van der Waals surface area contributed by atoms with Gasteiger partial charge in [0, 0.05) is 0 Å². The molecule has 78 valence electrons. The van der Waals surface area contributed by atoms with Gasteiger partial charge in [0.1, 0.15) is 5.66 Å². The smallest absolute Gasteiger partial charge is 0.183 e. The fourth-order valence-corrected chi connectivity index (χ4v) is 1.04. The fourth-order valence-electron chi connectivity index (χ4n) is 1.04. The van der Waals surface area contributed by atoms with Crippen molar-refractivity contribution in [1.82, 2.24) is 0 Å². The zero-order chi connectivity index (χ0) is 10.5. The lowest BCUT2D eigenvalue weighted by molar-refractivity contribution is -0.124. The quantitative estimate of drug-likeness (QED) is 0.303. The van der Waals surface area contributed by atoms with Crippen molar-refractivity contribution >= 4 is 5.78 Å². The van der Waals surface area contributed by atoms with Gasteiger partial charge in [0.25, 0.3) is 0 Å². The summed E-state index contributed by atoms with van der Waals surface area (Å²) < 4.78 is 0. The van der Waals surface area contributed by atoms with Crippen LogP contribution in [0.1, 0.15) is 26.2 Å². The third-order valence-electron chi connectivity index (χ3n) is 1.84. The van der Waals surface area contributed by atoms with Crippen LogP contribution in [0.3, 0.4) is 0 Å². The Kier molecular flexibility index (Phi) is 5.09. The third kappa shape index (κ3) is 4.94. The Hall–Kier alpha value is -0.490. The highest BCUT2D eigenvalue weighted by atomic mass is 16.1. The molecule has 1 atom stereocenters. The van der Waals surface area contributed by atoms with Crippen LogP contribution in [0.15, 0.2) is 0 Å². The zero-order valence-corrected chi connectivity index (χ0v) is 8.12. The largest absolute Gasteiger partial charge is 0.330 e. The number of ketones is 1. The summed E-state index contributed by atoms with van der Waals surface area (Å²) in [5.74, 6) is -0.301. The summed E-state index contributed by atoms with van der Waals surface area (Å²) in [6, 6.07) is -0.563. The van der Waals surface area contributed by atoms with Crippen LogP contribution < -0.4 is 22.9 Å². The first-order valence-electron chi connectivity index (χ1n) is 4.47. The van der Waals surface area contributed by atoms with E-state index in [0.29, 0.717) is 13.0 Å². The first kappa shape index (κ1) is 12.5. The van der Waals surface area contributed by atoms with Crippen molar-refractivity contribution < 1.29 is 4.79 Å². The van der Waals surface area contributed by atoms with Crippen molar-refractivity contribution in [3.05, 3.63) is 0 Å². The van der Waals surface area contributed by atoms with E-state index in [1.807, 2.05) is 0 Å². The van der Waals surface area contributed by atoms with E-state index in [2.05, 4.69) is 0 Å². The summed E-state index contributed by atoms with van der Waals surface area (Å²) in [6.45, 7) is 2.07. The molecule has 8 N–H and O–H groups in total. The Morgan fingerprint density at radius 2 is 1.92 bits per heavy atom. The van der Waals surface area contributed by atoms with Crippen LogP contribution in [0, 0.1) is 0 Å². The lowest BCUT2D eigenvalue weighted by Crippen LogP contribution is -2.59. The summed E-state index contributed by atoms with van der Waals surface area (Å²) in [5.41, 5.74) is 20.4. The van der Waals surface area contributed by atoms with Gasteiger partial charge in [-0.15, -0.1) is 0 Å². The second kappa shape index (κ2) is 5.29. The molecular formula is C8H20N4O. The maximum atomic E-state index is 11.4. The van der Waals surface area contributed by atoms with Gasteiger partial charge in [0.2, 0.25) is 0 Å². The van der Waals surface area contributed by atoms with Crippen LogP contribution in [0.4, 0.5) is 0 Å². The molecule has 0 amide bonds. The fraction of sp³-hybridized carbons (Fsp3) is 0.875. The van der Waals surface area contributed by atoms with Gasteiger partial charge in [-0.3, -0.25) is 4.79 Å². The first-order valence-corrected chi connectivity index (χ1v) is 4.47. The second-order valence-electron chi connectivity index (χ2n) is 3.54. The molecule has 0 aromatic rings. The Morgan fingerprint density at radius 3 is 2.31 bits per heavy atom. The summed E-state index contributed by atoms with van der Waals surface area (Å²) in [7, 11) is 0. The molecule has 0 spiro atoms. The molecule has 0 fully saturated rings. The summed E-state index contributed by atoms with van der Waals surface area (Å²) in [5, 5.41) is 0. The Labute approximate surface area is 78.8 Å². The van der Waals surface area contributed by atoms with Gasteiger partial charge in [-0.1, -0.05) is 6.42 Å². The van der Waals surface area contributed by atoms with Crippen molar-refractivity contribution in [1.29, 1.82) is 0 Å². The number of rotatable bonds is 6. The molecule has 0 heterocycles. The molecule has 0 aliphatic heterocycles. The SMILES string of the molecule is CC(N)(N)C(=O)[C@@H](N)CCCCN. The van der Waals surface area contributed by atoms with Gasteiger partial charge in [-0.25, -0.2) is 0 Å². The third-order valence-corrected chi connectivity index (χ3v) is 1.84. The van der Waals surface area contributed by atoms with E-state index in [0.717, 1.165) is 12.8 Å². The molecule has 5 nitrogen and oxygen atoms in total. The van der Waals surface area contributed by atoms with Crippen molar-refractivity contribution in [2.45, 2.75) is 37.9 Å². The Morgan fingerprint density at radius 1 is 1.38 bits per heavy atom. The van der Waals surface area contributed by atoms with Crippen molar-refractivity contribution in [3.8, 4) is 0 Å². The number of Topliss-reactive ketones (excluding diaryl/α,β-unsaturated/α-hetero) is 1. The molecule has 13 heavy (non-hydrogen) atoms. The van der Waals surface area contributed by atoms with Gasteiger partial charge in [0.05, 0.1) is 6.04 Å². The highest BCUT2D eigenvalue weighted by Crippen LogP contribution is 2.03. The van der Waals surface area contributed by atoms with Gasteiger partial charge >= 0.3 is 0 Å². The minimum atomic E-state index is -1.32. The summed E-state index contributed by atoms with van der Waals surface area (Å²) >= 11 is 0. The number of carbonyl (C=O) groups is 1. The zero-order valence-electron chi connectivity index (χ0n) is 8.12. The summed E-state index contributed by atoms with van der Waals surface area (Å²) in [6.07, 6.45) is 2.30. The lowest BCUT2D eigenvalue weighted by Gasteiger charge is -2.21. The lowest BCUT2D eigenvalue weighted by atomic mass is 9.98. The van der Waals surface area contributed by atoms with Crippen molar-refractivity contribution in [2.75, 3.05) is 6.54 Å². The average Bonchev–Trinajstić information content (AvgIpc) is 2.01. The van der Waals surface area contributed by atoms with Crippen LogP contribution in [0.5, 0.6) is 0 Å². The van der Waals surface area contributed by atoms with E-state index in [1.165, 1.54) is 6.92 Å². The molecule has 0 aliphatic carbocycles. The van der Waals surface area contributed by atoms with E-state index in [-0.39, 0.29) is 5.78 Å². The average molecular weight is 188 g/mol. The monoisotopic (exact) mass is 188 g/mol. The van der Waals surface area contributed by atoms with Crippen LogP contribution >= 0.6 is 0 Å². The highest BCUT2D eigenvalue weighted by molar-refractivity contribution is 5.91. The molecular weight excluding hydrogens is 168 g/mol. The molecule has 0 aromatic carbocycles. The van der Waals surface area contributed by atoms with E-state index >= 15 is 0 Å². The number of hydrogen-bond acceptors (Lipinski definition) is 5. The summed E-state index contributed by atoms with van der Waals surface area (Å²) in [4.78, 5) is 11.4. The van der Waals surface area contributed by atoms with E-state index in [9.17, 15) is 4.79 Å². The Bertz CT molecular complexity index is 164. The predicted molar refractivity (Wildman–Crippen MR) is 52.7 cm³/mol. The molecule has 0 rings (SSSR count). The molecule has 5 heteroatoms. The standard InChI is InChI=1S/C8H20N4O/c1-8(11,12)7(13)6(10)4-2-3-5-9/h6H,2-5,9-12H2,1H3/t6-/m0/s1. The van der Waals surface area contributed by atoms with Crippen molar-refractivity contribution in [2.24, 2.45) is 22.9 Å². The van der Waals surface area contributed by atoms with Gasteiger partial charge in [0.15, 0.2) is 5.78 Å². The van der Waals surface area contributed by atoms with E-state index in [1.54, 1.807) is 0 Å². The minimum absolute atomic E-state index is 0.301. The highest BCUT2D eigenvalue weighted by Gasteiger charge is 2.27. The molecule has 0 unspecified atom stereocenters. The number of hydrogen-bond donors (Lipinski definition) is 4. The molecule has 0 saturated carbocycles. The number of unbranched alkanes of at least 4 members (excludes halogenated alkanes) is 1. The minimum Gasteiger partial charge on any atom is -0.330 e. The van der Waals surface area contributed by atoms with Gasteiger partial charge in [-0.05, 0) is 26.3 Å². The molecule has 0 saturated heterocycles.